The first kappa shape index (κ1) is 10.3. The molecule has 0 bridgehead atoms. The smallest absolute Gasteiger partial charge is 0.148 e. The zero-order chi connectivity index (χ0) is 9.84. The van der Waals surface area contributed by atoms with E-state index in [-0.39, 0.29) is 29.4 Å². The number of aliphatic hydroxyl groups excluding tert-OH is 1. The second kappa shape index (κ2) is 4.44. The Balaban J connectivity index is 2.96. The maximum Gasteiger partial charge on any atom is 0.148 e. The third-order valence-corrected chi connectivity index (χ3v) is 2.05. The van der Waals surface area contributed by atoms with Crippen molar-refractivity contribution in [3.05, 3.63) is 28.5 Å². The highest BCUT2D eigenvalue weighted by atomic mass is 35.5. The molecule has 0 saturated heterocycles. The van der Waals surface area contributed by atoms with E-state index in [2.05, 4.69) is 0 Å². The van der Waals surface area contributed by atoms with Crippen molar-refractivity contribution in [2.24, 2.45) is 0 Å². The number of hydrogen-bond donors (Lipinski definition) is 2. The molecule has 0 radical (unpaired) electrons. The summed E-state index contributed by atoms with van der Waals surface area (Å²) in [5.74, 6) is -0.717. The van der Waals surface area contributed by atoms with Crippen molar-refractivity contribution < 1.29 is 14.6 Å². The lowest BCUT2D eigenvalue weighted by Gasteiger charge is -2.05. The number of halogens is 2. The van der Waals surface area contributed by atoms with Gasteiger partial charge >= 0.3 is 0 Å². The molecule has 0 aliphatic carbocycles. The molecule has 0 unspecified atom stereocenters. The summed E-state index contributed by atoms with van der Waals surface area (Å²) in [7, 11) is 0. The van der Waals surface area contributed by atoms with Crippen molar-refractivity contribution in [3.63, 3.8) is 0 Å². The van der Waals surface area contributed by atoms with Crippen LogP contribution in [0.25, 0.3) is 0 Å². The Bertz CT molecular complexity index is 302. The van der Waals surface area contributed by atoms with Crippen molar-refractivity contribution in [2.75, 3.05) is 6.61 Å². The van der Waals surface area contributed by atoms with Crippen LogP contribution in [0.2, 0.25) is 5.02 Å². The van der Waals surface area contributed by atoms with Gasteiger partial charge in [-0.05, 0) is 25.0 Å². The second-order valence-electron chi connectivity index (χ2n) is 2.69. The lowest BCUT2D eigenvalue weighted by Crippen LogP contribution is -1.94. The van der Waals surface area contributed by atoms with Gasteiger partial charge in [0.25, 0.3) is 0 Å². The molecule has 72 valence electrons. The predicted octanol–water partition coefficient (Wildman–Crippen LogP) is 2.11. The monoisotopic (exact) mass is 204 g/mol. The normalized spacial score (nSPS) is 10.4. The molecule has 0 amide bonds. The van der Waals surface area contributed by atoms with Gasteiger partial charge in [0.05, 0.1) is 5.02 Å². The van der Waals surface area contributed by atoms with Crippen LogP contribution in [-0.4, -0.2) is 16.8 Å². The molecular weight excluding hydrogens is 195 g/mol. The van der Waals surface area contributed by atoms with E-state index in [1.165, 1.54) is 12.1 Å². The van der Waals surface area contributed by atoms with E-state index in [0.29, 0.717) is 6.42 Å². The minimum atomic E-state index is -0.602. The minimum Gasteiger partial charge on any atom is -0.508 e. The fourth-order valence-corrected chi connectivity index (χ4v) is 1.25. The number of aromatic hydroxyl groups is 1. The van der Waals surface area contributed by atoms with E-state index >= 15 is 0 Å². The van der Waals surface area contributed by atoms with E-state index in [4.69, 9.17) is 16.7 Å². The molecule has 1 rings (SSSR count). The highest BCUT2D eigenvalue weighted by molar-refractivity contribution is 6.30. The van der Waals surface area contributed by atoms with Gasteiger partial charge < -0.3 is 10.2 Å². The summed E-state index contributed by atoms with van der Waals surface area (Å²) < 4.78 is 13.2. The number of phenolic OH excluding ortho intramolecular Hbond substituents is 1. The Kier molecular flexibility index (Phi) is 3.51. The van der Waals surface area contributed by atoms with E-state index in [9.17, 15) is 9.50 Å². The van der Waals surface area contributed by atoms with Crippen LogP contribution in [-0.2, 0) is 6.42 Å². The zero-order valence-corrected chi connectivity index (χ0v) is 7.68. The molecule has 1 aromatic carbocycles. The topological polar surface area (TPSA) is 40.5 Å². The summed E-state index contributed by atoms with van der Waals surface area (Å²) in [5, 5.41) is 17.8. The second-order valence-corrected chi connectivity index (χ2v) is 3.09. The van der Waals surface area contributed by atoms with Crippen molar-refractivity contribution in [1.29, 1.82) is 0 Å². The first-order valence-corrected chi connectivity index (χ1v) is 4.31. The van der Waals surface area contributed by atoms with Gasteiger partial charge in [-0.1, -0.05) is 11.6 Å². The Labute approximate surface area is 80.6 Å². The Morgan fingerprint density at radius 1 is 1.38 bits per heavy atom. The Hall–Kier alpha value is -0.800. The van der Waals surface area contributed by atoms with E-state index < -0.39 is 5.82 Å². The molecule has 0 aromatic heterocycles. The van der Waals surface area contributed by atoms with Gasteiger partial charge in [0.2, 0.25) is 0 Å². The largest absolute Gasteiger partial charge is 0.508 e. The molecule has 13 heavy (non-hydrogen) atoms. The summed E-state index contributed by atoms with van der Waals surface area (Å²) in [4.78, 5) is 0. The van der Waals surface area contributed by atoms with E-state index in [1.54, 1.807) is 0 Å². The maximum atomic E-state index is 13.2. The number of phenols is 1. The van der Waals surface area contributed by atoms with Crippen molar-refractivity contribution in [2.45, 2.75) is 12.8 Å². The molecule has 0 atom stereocenters. The highest BCUT2D eigenvalue weighted by Crippen LogP contribution is 2.27. The standard InChI is InChI=1S/C9H10ClFO2/c10-7-3-4-8(13)6(9(7)11)2-1-5-12/h3-4,12-13H,1-2,5H2. The molecule has 2 N–H and O–H groups in total. The fraction of sp³-hybridized carbons (Fsp3) is 0.333. The molecule has 2 nitrogen and oxygen atoms in total. The quantitative estimate of drug-likeness (QED) is 0.792. The Morgan fingerprint density at radius 3 is 2.69 bits per heavy atom. The van der Waals surface area contributed by atoms with Crippen LogP contribution in [0.4, 0.5) is 4.39 Å². The van der Waals surface area contributed by atoms with Crippen LogP contribution in [0, 0.1) is 5.82 Å². The number of aliphatic hydroxyl groups is 1. The van der Waals surface area contributed by atoms with Gasteiger partial charge in [0, 0.05) is 12.2 Å². The molecule has 0 aliphatic heterocycles. The average molecular weight is 205 g/mol. The van der Waals surface area contributed by atoms with Gasteiger partial charge in [-0.25, -0.2) is 4.39 Å². The summed E-state index contributed by atoms with van der Waals surface area (Å²) >= 11 is 5.52. The fourth-order valence-electron chi connectivity index (χ4n) is 1.08. The van der Waals surface area contributed by atoms with Gasteiger partial charge in [-0.2, -0.15) is 0 Å². The summed E-state index contributed by atoms with van der Waals surface area (Å²) in [6, 6.07) is 2.65. The highest BCUT2D eigenvalue weighted by Gasteiger charge is 2.10. The van der Waals surface area contributed by atoms with E-state index in [1.807, 2.05) is 0 Å². The molecular formula is C9H10ClFO2. The SMILES string of the molecule is OCCCc1c(O)ccc(Cl)c1F. The molecule has 0 spiro atoms. The molecule has 0 heterocycles. The van der Waals surface area contributed by atoms with Crippen LogP contribution < -0.4 is 0 Å². The van der Waals surface area contributed by atoms with E-state index in [0.717, 1.165) is 0 Å². The lowest BCUT2D eigenvalue weighted by atomic mass is 10.1. The van der Waals surface area contributed by atoms with Crippen LogP contribution >= 0.6 is 11.6 Å². The van der Waals surface area contributed by atoms with Gasteiger partial charge in [-0.3, -0.25) is 0 Å². The van der Waals surface area contributed by atoms with Crippen molar-refractivity contribution in [3.8, 4) is 5.75 Å². The molecule has 4 heteroatoms. The third-order valence-electron chi connectivity index (χ3n) is 1.76. The van der Waals surface area contributed by atoms with Crippen LogP contribution in [0.15, 0.2) is 12.1 Å². The minimum absolute atomic E-state index is 0.00857. The third kappa shape index (κ3) is 2.32. The average Bonchev–Trinajstić information content (AvgIpc) is 2.12. The number of hydrogen-bond acceptors (Lipinski definition) is 2. The molecule has 1 aromatic rings. The van der Waals surface area contributed by atoms with Crippen LogP contribution in [0.1, 0.15) is 12.0 Å². The summed E-state index contributed by atoms with van der Waals surface area (Å²) in [6.07, 6.45) is 0.694. The predicted molar refractivity (Wildman–Crippen MR) is 48.5 cm³/mol. The number of benzene rings is 1. The van der Waals surface area contributed by atoms with Gasteiger partial charge in [0.15, 0.2) is 0 Å². The van der Waals surface area contributed by atoms with Crippen LogP contribution in [0.5, 0.6) is 5.75 Å². The molecule has 0 saturated carbocycles. The van der Waals surface area contributed by atoms with Gasteiger partial charge in [-0.15, -0.1) is 0 Å². The van der Waals surface area contributed by atoms with Crippen molar-refractivity contribution >= 4 is 11.6 Å². The van der Waals surface area contributed by atoms with Crippen LogP contribution in [0.3, 0.4) is 0 Å². The van der Waals surface area contributed by atoms with Gasteiger partial charge in [0.1, 0.15) is 11.6 Å². The molecule has 0 fully saturated rings. The first-order chi connectivity index (χ1) is 6.16. The number of rotatable bonds is 3. The lowest BCUT2D eigenvalue weighted by molar-refractivity contribution is 0.287. The zero-order valence-electron chi connectivity index (χ0n) is 6.93. The first-order valence-electron chi connectivity index (χ1n) is 3.93. The molecule has 0 aliphatic rings. The summed E-state index contributed by atoms with van der Waals surface area (Å²) in [6.45, 7) is -0.0363. The Morgan fingerprint density at radius 2 is 2.08 bits per heavy atom. The van der Waals surface area contributed by atoms with Crippen molar-refractivity contribution in [1.82, 2.24) is 0 Å². The summed E-state index contributed by atoms with van der Waals surface area (Å²) in [5.41, 5.74) is 0.168. The maximum absolute atomic E-state index is 13.2.